The number of benzene rings is 2. The van der Waals surface area contributed by atoms with Gasteiger partial charge in [0.05, 0.1) is 0 Å². The summed E-state index contributed by atoms with van der Waals surface area (Å²) in [7, 11) is 0. The van der Waals surface area contributed by atoms with Crippen molar-refractivity contribution in [2.24, 2.45) is 0 Å². The van der Waals surface area contributed by atoms with Gasteiger partial charge in [0.1, 0.15) is 6.04 Å². The smallest absolute Gasteiger partial charge is 0.325 e. The molecular formula is C15H13BrClNO2. The first-order chi connectivity index (χ1) is 9.58. The molecule has 3 nitrogen and oxygen atoms in total. The van der Waals surface area contributed by atoms with Gasteiger partial charge in [-0.15, -0.1) is 0 Å². The largest absolute Gasteiger partial charge is 0.480 e. The molecule has 0 saturated heterocycles. The number of carbonyl (C=O) groups is 1. The standard InChI is InChI=1S/C15H13BrClNO2/c16-13-7-6-12(17)8-11(13)9-18-14(15(19)20)10-4-2-1-3-5-10/h1-8,14,18H,9H2,(H,19,20). The van der Waals surface area contributed by atoms with Gasteiger partial charge in [-0.2, -0.15) is 0 Å². The molecule has 2 aromatic carbocycles. The van der Waals surface area contributed by atoms with Crippen LogP contribution in [-0.2, 0) is 11.3 Å². The zero-order valence-corrected chi connectivity index (χ0v) is 12.9. The first kappa shape index (κ1) is 15.0. The Bertz CT molecular complexity index is 604. The van der Waals surface area contributed by atoms with E-state index in [1.165, 1.54) is 0 Å². The molecule has 0 aliphatic carbocycles. The lowest BCUT2D eigenvalue weighted by Gasteiger charge is -2.15. The van der Waals surface area contributed by atoms with Crippen molar-refractivity contribution in [2.75, 3.05) is 0 Å². The van der Waals surface area contributed by atoms with Crippen LogP contribution >= 0.6 is 27.5 Å². The van der Waals surface area contributed by atoms with Crippen LogP contribution in [0.1, 0.15) is 17.2 Å². The summed E-state index contributed by atoms with van der Waals surface area (Å²) in [4.78, 5) is 11.4. The van der Waals surface area contributed by atoms with Crippen LogP contribution in [0, 0.1) is 0 Å². The minimum Gasteiger partial charge on any atom is -0.480 e. The number of nitrogens with one attached hydrogen (secondary N) is 1. The molecule has 0 heterocycles. The molecule has 0 radical (unpaired) electrons. The van der Waals surface area contributed by atoms with E-state index in [1.54, 1.807) is 18.2 Å². The first-order valence-electron chi connectivity index (χ1n) is 6.03. The average Bonchev–Trinajstić information content (AvgIpc) is 2.43. The Morgan fingerprint density at radius 2 is 1.95 bits per heavy atom. The Hall–Kier alpha value is -1.36. The third kappa shape index (κ3) is 3.82. The summed E-state index contributed by atoms with van der Waals surface area (Å²) in [6.07, 6.45) is 0. The monoisotopic (exact) mass is 353 g/mol. The number of hydrogen-bond donors (Lipinski definition) is 2. The highest BCUT2D eigenvalue weighted by Crippen LogP contribution is 2.22. The van der Waals surface area contributed by atoms with Gasteiger partial charge >= 0.3 is 5.97 Å². The third-order valence-electron chi connectivity index (χ3n) is 2.88. The molecule has 0 amide bonds. The van der Waals surface area contributed by atoms with Crippen LogP contribution < -0.4 is 5.32 Å². The second-order valence-corrected chi connectivity index (χ2v) is 5.59. The van der Waals surface area contributed by atoms with Crippen molar-refractivity contribution < 1.29 is 9.90 Å². The van der Waals surface area contributed by atoms with Crippen LogP contribution in [0.25, 0.3) is 0 Å². The van der Waals surface area contributed by atoms with Gasteiger partial charge < -0.3 is 5.11 Å². The van der Waals surface area contributed by atoms with Crippen LogP contribution in [0.3, 0.4) is 0 Å². The topological polar surface area (TPSA) is 49.3 Å². The number of rotatable bonds is 5. The lowest BCUT2D eigenvalue weighted by atomic mass is 10.1. The summed E-state index contributed by atoms with van der Waals surface area (Å²) < 4.78 is 0.895. The summed E-state index contributed by atoms with van der Waals surface area (Å²) in [6.45, 7) is 0.410. The Kier molecular flexibility index (Phi) is 5.17. The molecule has 2 N–H and O–H groups in total. The van der Waals surface area contributed by atoms with Gasteiger partial charge in [0.25, 0.3) is 0 Å². The average molecular weight is 355 g/mol. The molecule has 1 atom stereocenters. The number of hydrogen-bond acceptors (Lipinski definition) is 2. The Morgan fingerprint density at radius 1 is 1.25 bits per heavy atom. The van der Waals surface area contributed by atoms with Crippen molar-refractivity contribution in [1.82, 2.24) is 5.32 Å². The zero-order chi connectivity index (χ0) is 14.5. The summed E-state index contributed by atoms with van der Waals surface area (Å²) in [5.74, 6) is -0.908. The van der Waals surface area contributed by atoms with Crippen LogP contribution in [0.5, 0.6) is 0 Å². The summed E-state index contributed by atoms with van der Waals surface area (Å²) in [5.41, 5.74) is 1.64. The highest BCUT2D eigenvalue weighted by Gasteiger charge is 2.19. The maximum Gasteiger partial charge on any atom is 0.325 e. The summed E-state index contributed by atoms with van der Waals surface area (Å²) in [6, 6.07) is 13.8. The zero-order valence-electron chi connectivity index (χ0n) is 10.5. The molecule has 2 aromatic rings. The van der Waals surface area contributed by atoms with Crippen molar-refractivity contribution in [1.29, 1.82) is 0 Å². The minimum atomic E-state index is -0.908. The molecule has 2 rings (SSSR count). The molecule has 0 fully saturated rings. The molecule has 0 bridgehead atoms. The summed E-state index contributed by atoms with van der Waals surface area (Å²) >= 11 is 9.37. The maximum atomic E-state index is 11.4. The van der Waals surface area contributed by atoms with Crippen molar-refractivity contribution in [3.63, 3.8) is 0 Å². The number of carboxylic acid groups (broad SMARTS) is 1. The molecule has 0 saturated carbocycles. The van der Waals surface area contributed by atoms with E-state index in [2.05, 4.69) is 21.2 Å². The lowest BCUT2D eigenvalue weighted by Crippen LogP contribution is -2.28. The van der Waals surface area contributed by atoms with Crippen LogP contribution in [0.15, 0.2) is 53.0 Å². The van der Waals surface area contributed by atoms with Crippen molar-refractivity contribution in [3.05, 3.63) is 69.2 Å². The fourth-order valence-electron chi connectivity index (χ4n) is 1.88. The molecule has 5 heteroatoms. The third-order valence-corrected chi connectivity index (χ3v) is 3.89. The van der Waals surface area contributed by atoms with E-state index < -0.39 is 12.0 Å². The molecule has 104 valence electrons. The minimum absolute atomic E-state index is 0.410. The van der Waals surface area contributed by atoms with E-state index >= 15 is 0 Å². The quantitative estimate of drug-likeness (QED) is 0.852. The Morgan fingerprint density at radius 3 is 2.60 bits per heavy atom. The van der Waals surface area contributed by atoms with Crippen molar-refractivity contribution in [2.45, 2.75) is 12.6 Å². The molecule has 0 aliphatic heterocycles. The van der Waals surface area contributed by atoms with Gasteiger partial charge in [-0.25, -0.2) is 0 Å². The van der Waals surface area contributed by atoms with E-state index in [1.807, 2.05) is 30.3 Å². The first-order valence-corrected chi connectivity index (χ1v) is 7.20. The fraction of sp³-hybridized carbons (Fsp3) is 0.133. The van der Waals surface area contributed by atoms with Crippen LogP contribution in [-0.4, -0.2) is 11.1 Å². The van der Waals surface area contributed by atoms with Gasteiger partial charge in [-0.3, -0.25) is 10.1 Å². The van der Waals surface area contributed by atoms with Crippen LogP contribution in [0.2, 0.25) is 5.02 Å². The number of aliphatic carboxylic acids is 1. The van der Waals surface area contributed by atoms with E-state index in [4.69, 9.17) is 11.6 Å². The normalized spacial score (nSPS) is 12.1. The van der Waals surface area contributed by atoms with E-state index in [0.29, 0.717) is 11.6 Å². The van der Waals surface area contributed by atoms with Crippen molar-refractivity contribution in [3.8, 4) is 0 Å². The van der Waals surface area contributed by atoms with Gasteiger partial charge in [0.15, 0.2) is 0 Å². The van der Waals surface area contributed by atoms with Crippen LogP contribution in [0.4, 0.5) is 0 Å². The number of carboxylic acids is 1. The SMILES string of the molecule is O=C(O)C(NCc1cc(Cl)ccc1Br)c1ccccc1. The second kappa shape index (κ2) is 6.88. The van der Waals surface area contributed by atoms with E-state index in [-0.39, 0.29) is 0 Å². The Balaban J connectivity index is 2.14. The highest BCUT2D eigenvalue weighted by atomic mass is 79.9. The predicted octanol–water partition coefficient (Wildman–Crippen LogP) is 4.02. The Labute approximate surface area is 130 Å². The van der Waals surface area contributed by atoms with Crippen molar-refractivity contribution >= 4 is 33.5 Å². The van der Waals surface area contributed by atoms with Gasteiger partial charge in [0.2, 0.25) is 0 Å². The second-order valence-electron chi connectivity index (χ2n) is 4.30. The van der Waals surface area contributed by atoms with E-state index in [0.717, 1.165) is 15.6 Å². The van der Waals surface area contributed by atoms with Gasteiger partial charge in [-0.05, 0) is 29.3 Å². The van der Waals surface area contributed by atoms with Gasteiger partial charge in [-0.1, -0.05) is 57.9 Å². The lowest BCUT2D eigenvalue weighted by molar-refractivity contribution is -0.139. The molecule has 1 unspecified atom stereocenters. The van der Waals surface area contributed by atoms with Gasteiger partial charge in [0, 0.05) is 16.0 Å². The number of halogens is 2. The molecule has 0 aliphatic rings. The maximum absolute atomic E-state index is 11.4. The summed E-state index contributed by atoms with van der Waals surface area (Å²) in [5, 5.41) is 13.0. The van der Waals surface area contributed by atoms with E-state index in [9.17, 15) is 9.90 Å². The molecule has 20 heavy (non-hydrogen) atoms. The highest BCUT2D eigenvalue weighted by molar-refractivity contribution is 9.10. The fourth-order valence-corrected chi connectivity index (χ4v) is 2.47. The molecular weight excluding hydrogens is 342 g/mol. The molecule has 0 spiro atoms. The molecule has 0 aromatic heterocycles. The predicted molar refractivity (Wildman–Crippen MR) is 82.8 cm³/mol.